The van der Waals surface area contributed by atoms with Crippen LogP contribution >= 0.6 is 0 Å². The van der Waals surface area contributed by atoms with Crippen molar-refractivity contribution in [2.75, 3.05) is 0 Å². The molecule has 0 unspecified atom stereocenters. The van der Waals surface area contributed by atoms with Gasteiger partial charge >= 0.3 is 5.97 Å². The molecule has 2 aromatic carbocycles. The van der Waals surface area contributed by atoms with Gasteiger partial charge in [0.05, 0.1) is 5.56 Å². The number of aryl methyl sites for hydroxylation is 3. The summed E-state index contributed by atoms with van der Waals surface area (Å²) in [4.78, 5) is 11.5. The molecule has 0 aliphatic carbocycles. The zero-order chi connectivity index (χ0) is 18.4. The summed E-state index contributed by atoms with van der Waals surface area (Å²) in [6.07, 6.45) is 2.02. The average Bonchev–Trinajstić information content (AvgIpc) is 2.61. The maximum absolute atomic E-state index is 14.2. The van der Waals surface area contributed by atoms with Crippen LogP contribution in [-0.2, 0) is 24.2 Å². The number of halogens is 1. The number of rotatable bonds is 7. The van der Waals surface area contributed by atoms with Crippen molar-refractivity contribution in [3.05, 3.63) is 58.4 Å². The van der Waals surface area contributed by atoms with Crippen LogP contribution < -0.4 is 9.47 Å². The predicted molar refractivity (Wildman–Crippen MR) is 96.6 cm³/mol. The Morgan fingerprint density at radius 3 is 2.40 bits per heavy atom. The second-order valence-electron chi connectivity index (χ2n) is 5.93. The van der Waals surface area contributed by atoms with Crippen molar-refractivity contribution in [2.24, 2.45) is 0 Å². The zero-order valence-electron chi connectivity index (χ0n) is 15.3. The number of benzene rings is 2. The van der Waals surface area contributed by atoms with E-state index in [4.69, 9.17) is 9.47 Å². The first-order valence-electron chi connectivity index (χ1n) is 8.73. The van der Waals surface area contributed by atoms with Crippen molar-refractivity contribution in [3.63, 3.8) is 0 Å². The molecule has 0 aliphatic heterocycles. The Bertz CT molecular complexity index is 753. The molecular formula is C21H25FO3. The van der Waals surface area contributed by atoms with Crippen LogP contribution in [0.2, 0.25) is 0 Å². The number of carbonyl (C=O) groups excluding carboxylic acids is 1. The Hall–Kier alpha value is -2.36. The van der Waals surface area contributed by atoms with E-state index in [-0.39, 0.29) is 24.3 Å². The lowest BCUT2D eigenvalue weighted by Crippen LogP contribution is -2.10. The molecule has 0 atom stereocenters. The van der Waals surface area contributed by atoms with Crippen LogP contribution in [0.25, 0.3) is 0 Å². The Morgan fingerprint density at radius 1 is 1.04 bits per heavy atom. The summed E-state index contributed by atoms with van der Waals surface area (Å²) in [6.45, 7) is 7.94. The Kier molecular flexibility index (Phi) is 6.57. The van der Waals surface area contributed by atoms with Crippen molar-refractivity contribution < 1.29 is 18.7 Å². The number of hydrogen-bond donors (Lipinski definition) is 0. The lowest BCUT2D eigenvalue weighted by molar-refractivity contribution is -0.134. The third-order valence-electron chi connectivity index (χ3n) is 4.24. The monoisotopic (exact) mass is 344 g/mol. The highest BCUT2D eigenvalue weighted by molar-refractivity contribution is 5.72. The van der Waals surface area contributed by atoms with Crippen LogP contribution in [0.15, 0.2) is 30.3 Å². The summed E-state index contributed by atoms with van der Waals surface area (Å²) in [7, 11) is 0. The number of ether oxygens (including phenoxy) is 2. The van der Waals surface area contributed by atoms with E-state index in [0.29, 0.717) is 0 Å². The molecule has 0 spiro atoms. The minimum atomic E-state index is -0.443. The standard InChI is InChI=1S/C21H25FO3/c1-5-15-12-16(6-2)20(11-14(15)4)24-13-17-18(22)9-8-10-19(17)25-21(23)7-3/h8-12H,5-7,13H2,1-4H3. The van der Waals surface area contributed by atoms with Gasteiger partial charge in [0.1, 0.15) is 23.9 Å². The summed E-state index contributed by atoms with van der Waals surface area (Å²) in [5.41, 5.74) is 3.78. The lowest BCUT2D eigenvalue weighted by Gasteiger charge is -2.16. The Balaban J connectivity index is 2.27. The molecule has 0 radical (unpaired) electrons. The molecule has 4 heteroatoms. The second-order valence-corrected chi connectivity index (χ2v) is 5.93. The fourth-order valence-electron chi connectivity index (χ4n) is 2.69. The van der Waals surface area contributed by atoms with Gasteiger partial charge in [-0.15, -0.1) is 0 Å². The molecule has 0 aromatic heterocycles. The summed E-state index contributed by atoms with van der Waals surface area (Å²) in [6, 6.07) is 8.59. The lowest BCUT2D eigenvalue weighted by atomic mass is 10.0. The topological polar surface area (TPSA) is 35.5 Å². The molecule has 134 valence electrons. The smallest absolute Gasteiger partial charge is 0.310 e. The maximum atomic E-state index is 14.2. The first-order valence-corrected chi connectivity index (χ1v) is 8.73. The van der Waals surface area contributed by atoms with E-state index in [0.717, 1.165) is 29.7 Å². The van der Waals surface area contributed by atoms with E-state index in [9.17, 15) is 9.18 Å². The molecule has 0 bridgehead atoms. The van der Waals surface area contributed by atoms with Crippen molar-refractivity contribution in [3.8, 4) is 11.5 Å². The molecule has 0 saturated heterocycles. The van der Waals surface area contributed by atoms with Gasteiger partial charge in [-0.3, -0.25) is 4.79 Å². The van der Waals surface area contributed by atoms with E-state index in [1.54, 1.807) is 13.0 Å². The van der Waals surface area contributed by atoms with Gasteiger partial charge in [-0.2, -0.15) is 0 Å². The van der Waals surface area contributed by atoms with Crippen molar-refractivity contribution in [1.82, 2.24) is 0 Å². The maximum Gasteiger partial charge on any atom is 0.310 e. The second kappa shape index (κ2) is 8.65. The normalized spacial score (nSPS) is 10.6. The van der Waals surface area contributed by atoms with Gasteiger partial charge < -0.3 is 9.47 Å². The third-order valence-corrected chi connectivity index (χ3v) is 4.24. The largest absolute Gasteiger partial charge is 0.488 e. The van der Waals surface area contributed by atoms with Crippen molar-refractivity contribution in [1.29, 1.82) is 0 Å². The summed E-state index contributed by atoms with van der Waals surface area (Å²) in [5, 5.41) is 0. The summed E-state index contributed by atoms with van der Waals surface area (Å²) < 4.78 is 25.3. The number of esters is 1. The minimum absolute atomic E-state index is 0.0108. The SMILES string of the molecule is CCC(=O)Oc1cccc(F)c1COc1cc(C)c(CC)cc1CC. The molecule has 3 nitrogen and oxygen atoms in total. The molecule has 0 aliphatic rings. The summed E-state index contributed by atoms with van der Waals surface area (Å²) in [5.74, 6) is 0.116. The molecule has 0 fully saturated rings. The molecule has 0 N–H and O–H groups in total. The first-order chi connectivity index (χ1) is 12.0. The van der Waals surface area contributed by atoms with Crippen LogP contribution in [0.1, 0.15) is 49.4 Å². The third kappa shape index (κ3) is 4.59. The molecule has 0 saturated carbocycles. The molecule has 25 heavy (non-hydrogen) atoms. The fraction of sp³-hybridized carbons (Fsp3) is 0.381. The van der Waals surface area contributed by atoms with Crippen LogP contribution in [0, 0.1) is 12.7 Å². The zero-order valence-corrected chi connectivity index (χ0v) is 15.3. The van der Waals surface area contributed by atoms with Gasteiger partial charge in [0.2, 0.25) is 0 Å². The molecule has 2 rings (SSSR count). The van der Waals surface area contributed by atoms with Crippen LogP contribution in [-0.4, -0.2) is 5.97 Å². The van der Waals surface area contributed by atoms with Gasteiger partial charge in [-0.1, -0.05) is 32.9 Å². The van der Waals surface area contributed by atoms with Crippen LogP contribution in [0.5, 0.6) is 11.5 Å². The minimum Gasteiger partial charge on any atom is -0.488 e. The van der Waals surface area contributed by atoms with E-state index in [1.165, 1.54) is 17.7 Å². The van der Waals surface area contributed by atoms with Crippen LogP contribution in [0.3, 0.4) is 0 Å². The number of carbonyl (C=O) groups is 1. The fourth-order valence-corrected chi connectivity index (χ4v) is 2.69. The number of hydrogen-bond acceptors (Lipinski definition) is 3. The molecule has 2 aromatic rings. The highest BCUT2D eigenvalue weighted by atomic mass is 19.1. The Morgan fingerprint density at radius 2 is 1.76 bits per heavy atom. The predicted octanol–water partition coefficient (Wildman–Crippen LogP) is 5.15. The highest BCUT2D eigenvalue weighted by Crippen LogP contribution is 2.28. The van der Waals surface area contributed by atoms with E-state index in [2.05, 4.69) is 19.9 Å². The molecule has 0 heterocycles. The van der Waals surface area contributed by atoms with Gasteiger partial charge in [-0.05, 0) is 54.7 Å². The van der Waals surface area contributed by atoms with Gasteiger partial charge in [0.25, 0.3) is 0 Å². The quantitative estimate of drug-likeness (QED) is 0.514. The van der Waals surface area contributed by atoms with Crippen LogP contribution in [0.4, 0.5) is 4.39 Å². The molecule has 0 amide bonds. The first kappa shape index (κ1) is 19.0. The highest BCUT2D eigenvalue weighted by Gasteiger charge is 2.15. The summed E-state index contributed by atoms with van der Waals surface area (Å²) >= 11 is 0. The van der Waals surface area contributed by atoms with Gasteiger partial charge in [0, 0.05) is 6.42 Å². The molecular weight excluding hydrogens is 319 g/mol. The Labute approximate surface area is 148 Å². The van der Waals surface area contributed by atoms with Gasteiger partial charge in [-0.25, -0.2) is 4.39 Å². The van der Waals surface area contributed by atoms with Crippen molar-refractivity contribution in [2.45, 2.75) is 53.6 Å². The van der Waals surface area contributed by atoms with Gasteiger partial charge in [0.15, 0.2) is 0 Å². The van der Waals surface area contributed by atoms with E-state index < -0.39 is 11.8 Å². The average molecular weight is 344 g/mol. The van der Waals surface area contributed by atoms with E-state index in [1.807, 2.05) is 13.0 Å². The van der Waals surface area contributed by atoms with E-state index >= 15 is 0 Å². The van der Waals surface area contributed by atoms with Crippen molar-refractivity contribution >= 4 is 5.97 Å².